The van der Waals surface area contributed by atoms with Crippen molar-refractivity contribution >= 4 is 5.57 Å². The average molecular weight is 295 g/mol. The summed E-state index contributed by atoms with van der Waals surface area (Å²) >= 11 is 0. The van der Waals surface area contributed by atoms with Crippen molar-refractivity contribution in [3.63, 3.8) is 0 Å². The van der Waals surface area contributed by atoms with E-state index in [2.05, 4.69) is 6.07 Å². The fourth-order valence-electron chi connectivity index (χ4n) is 2.13. The van der Waals surface area contributed by atoms with E-state index in [1.54, 1.807) is 27.4 Å². The van der Waals surface area contributed by atoms with Crippen molar-refractivity contribution < 1.29 is 14.2 Å². The van der Waals surface area contributed by atoms with E-state index >= 15 is 0 Å². The molecule has 22 heavy (non-hydrogen) atoms. The molecule has 0 spiro atoms. The second-order valence-corrected chi connectivity index (χ2v) is 4.52. The first-order valence-electron chi connectivity index (χ1n) is 6.69. The van der Waals surface area contributed by atoms with Gasteiger partial charge in [0.25, 0.3) is 0 Å². The molecule has 0 heterocycles. The Hall–Kier alpha value is -2.93. The van der Waals surface area contributed by atoms with Gasteiger partial charge in [-0.3, -0.25) is 0 Å². The molecule has 0 saturated heterocycles. The molecular weight excluding hydrogens is 278 g/mol. The summed E-state index contributed by atoms with van der Waals surface area (Å²) < 4.78 is 15.7. The van der Waals surface area contributed by atoms with Crippen molar-refractivity contribution in [2.45, 2.75) is 0 Å². The summed E-state index contributed by atoms with van der Waals surface area (Å²) in [6, 6.07) is 15.2. The lowest BCUT2D eigenvalue weighted by Crippen LogP contribution is -1.93. The van der Waals surface area contributed by atoms with Crippen LogP contribution in [0.1, 0.15) is 11.1 Å². The predicted molar refractivity (Wildman–Crippen MR) is 85.2 cm³/mol. The van der Waals surface area contributed by atoms with Gasteiger partial charge in [-0.25, -0.2) is 0 Å². The van der Waals surface area contributed by atoms with Crippen LogP contribution >= 0.6 is 0 Å². The van der Waals surface area contributed by atoms with Gasteiger partial charge in [0.05, 0.1) is 27.4 Å². The largest absolute Gasteiger partial charge is 0.497 e. The minimum absolute atomic E-state index is 0.673. The van der Waals surface area contributed by atoms with Crippen molar-refractivity contribution in [1.82, 2.24) is 0 Å². The number of hydrogen-bond acceptors (Lipinski definition) is 4. The number of hydrogen-bond donors (Lipinski definition) is 0. The molecule has 4 heteroatoms. The van der Waals surface area contributed by atoms with Crippen molar-refractivity contribution in [2.24, 2.45) is 0 Å². The average Bonchev–Trinajstić information content (AvgIpc) is 2.59. The second-order valence-electron chi connectivity index (χ2n) is 4.52. The minimum Gasteiger partial charge on any atom is -0.497 e. The summed E-state index contributed by atoms with van der Waals surface area (Å²) in [6.07, 6.45) is 1.51. The molecule has 0 unspecified atom stereocenters. The van der Waals surface area contributed by atoms with Crippen LogP contribution in [0.15, 0.2) is 48.5 Å². The highest BCUT2D eigenvalue weighted by molar-refractivity contribution is 5.82. The van der Waals surface area contributed by atoms with Gasteiger partial charge in [-0.2, -0.15) is 5.26 Å². The maximum Gasteiger partial charge on any atom is 0.123 e. The summed E-state index contributed by atoms with van der Waals surface area (Å²) in [6.45, 7) is 0. The summed E-state index contributed by atoms with van der Waals surface area (Å²) in [4.78, 5) is 0. The number of benzene rings is 2. The molecule has 0 atom stereocenters. The van der Waals surface area contributed by atoms with Gasteiger partial charge in [0, 0.05) is 12.1 Å². The maximum absolute atomic E-state index is 9.10. The van der Waals surface area contributed by atoms with Crippen LogP contribution in [0.2, 0.25) is 0 Å². The third-order valence-electron chi connectivity index (χ3n) is 3.27. The lowest BCUT2D eigenvalue weighted by Gasteiger charge is -2.12. The molecule has 0 aromatic heterocycles. The number of methoxy groups -OCH3 is 3. The molecular formula is C18H17NO3. The molecule has 0 amide bonds. The van der Waals surface area contributed by atoms with Gasteiger partial charge in [0.1, 0.15) is 17.2 Å². The zero-order valence-electron chi connectivity index (χ0n) is 12.8. The first-order chi connectivity index (χ1) is 10.7. The Kier molecular flexibility index (Phi) is 5.05. The zero-order chi connectivity index (χ0) is 15.9. The van der Waals surface area contributed by atoms with E-state index in [0.717, 1.165) is 22.4 Å². The highest BCUT2D eigenvalue weighted by Crippen LogP contribution is 2.31. The molecule has 2 aromatic rings. The molecule has 0 aliphatic rings. The third-order valence-corrected chi connectivity index (χ3v) is 3.27. The van der Waals surface area contributed by atoms with Crippen LogP contribution in [0.3, 0.4) is 0 Å². The lowest BCUT2D eigenvalue weighted by molar-refractivity contribution is 0.394. The molecule has 2 aromatic carbocycles. The molecule has 0 bridgehead atoms. The quantitative estimate of drug-likeness (QED) is 0.790. The van der Waals surface area contributed by atoms with E-state index in [1.165, 1.54) is 6.08 Å². The van der Waals surface area contributed by atoms with Crippen LogP contribution in [-0.4, -0.2) is 21.3 Å². The Labute approximate surface area is 130 Å². The van der Waals surface area contributed by atoms with Crippen LogP contribution in [0.5, 0.6) is 17.2 Å². The van der Waals surface area contributed by atoms with Gasteiger partial charge < -0.3 is 14.2 Å². The van der Waals surface area contributed by atoms with Crippen LogP contribution in [0.4, 0.5) is 0 Å². The first-order valence-corrected chi connectivity index (χ1v) is 6.69. The fourth-order valence-corrected chi connectivity index (χ4v) is 2.13. The third kappa shape index (κ3) is 3.39. The summed E-state index contributed by atoms with van der Waals surface area (Å²) in [7, 11) is 4.81. The molecule has 4 nitrogen and oxygen atoms in total. The number of nitrogens with zero attached hydrogens (tertiary/aromatic N) is 1. The van der Waals surface area contributed by atoms with Gasteiger partial charge in [-0.15, -0.1) is 0 Å². The molecule has 0 aliphatic carbocycles. The molecule has 2 rings (SSSR count). The highest BCUT2D eigenvalue weighted by Gasteiger charge is 2.09. The van der Waals surface area contributed by atoms with E-state index in [1.807, 2.05) is 36.4 Å². The van der Waals surface area contributed by atoms with E-state index in [9.17, 15) is 0 Å². The Morgan fingerprint density at radius 3 is 1.82 bits per heavy atom. The van der Waals surface area contributed by atoms with E-state index in [4.69, 9.17) is 19.5 Å². The van der Waals surface area contributed by atoms with Gasteiger partial charge in [0.2, 0.25) is 0 Å². The standard InChI is InChI=1S/C18H17NO3/c1-20-15-6-4-13(5-7-15)18(8-9-19)14-10-16(21-2)12-17(11-14)22-3/h4-8,10-12H,1-3H3/b18-8+. The topological polar surface area (TPSA) is 51.5 Å². The summed E-state index contributed by atoms with van der Waals surface area (Å²) in [5.74, 6) is 2.11. The van der Waals surface area contributed by atoms with Gasteiger partial charge in [-0.05, 0) is 41.0 Å². The minimum atomic E-state index is 0.673. The Morgan fingerprint density at radius 1 is 0.818 bits per heavy atom. The smallest absolute Gasteiger partial charge is 0.123 e. The van der Waals surface area contributed by atoms with Gasteiger partial charge in [-0.1, -0.05) is 12.1 Å². The Balaban J connectivity index is 2.52. The highest BCUT2D eigenvalue weighted by atomic mass is 16.5. The lowest BCUT2D eigenvalue weighted by atomic mass is 9.97. The van der Waals surface area contributed by atoms with Crippen LogP contribution in [0, 0.1) is 11.3 Å². The number of ether oxygens (including phenoxy) is 3. The van der Waals surface area contributed by atoms with E-state index in [0.29, 0.717) is 11.5 Å². The first kappa shape index (κ1) is 15.5. The molecule has 0 saturated carbocycles. The molecule has 0 aliphatic heterocycles. The Bertz CT molecular complexity index is 690. The molecule has 0 radical (unpaired) electrons. The fraction of sp³-hybridized carbons (Fsp3) is 0.167. The van der Waals surface area contributed by atoms with Gasteiger partial charge in [0.15, 0.2) is 0 Å². The number of rotatable bonds is 5. The molecule has 0 N–H and O–H groups in total. The monoisotopic (exact) mass is 295 g/mol. The zero-order valence-corrected chi connectivity index (χ0v) is 12.8. The number of nitriles is 1. The molecule has 112 valence electrons. The normalized spacial score (nSPS) is 10.7. The van der Waals surface area contributed by atoms with E-state index in [-0.39, 0.29) is 0 Å². The van der Waals surface area contributed by atoms with Crippen molar-refractivity contribution in [3.05, 3.63) is 59.7 Å². The summed E-state index contributed by atoms with van der Waals surface area (Å²) in [5.41, 5.74) is 2.56. The van der Waals surface area contributed by atoms with Gasteiger partial charge >= 0.3 is 0 Å². The maximum atomic E-state index is 9.10. The van der Waals surface area contributed by atoms with Crippen molar-refractivity contribution in [1.29, 1.82) is 5.26 Å². The second kappa shape index (κ2) is 7.19. The number of allylic oxidation sites excluding steroid dienone is 1. The predicted octanol–water partition coefficient (Wildman–Crippen LogP) is 3.67. The van der Waals surface area contributed by atoms with E-state index < -0.39 is 0 Å². The van der Waals surface area contributed by atoms with Crippen LogP contribution in [0.25, 0.3) is 5.57 Å². The molecule has 0 fully saturated rings. The van der Waals surface area contributed by atoms with Crippen LogP contribution < -0.4 is 14.2 Å². The van der Waals surface area contributed by atoms with Crippen LogP contribution in [-0.2, 0) is 0 Å². The summed E-state index contributed by atoms with van der Waals surface area (Å²) in [5, 5.41) is 9.10. The van der Waals surface area contributed by atoms with Crippen molar-refractivity contribution in [2.75, 3.05) is 21.3 Å². The Morgan fingerprint density at radius 2 is 1.36 bits per heavy atom. The SMILES string of the molecule is COc1ccc(/C(=C\C#N)c2cc(OC)cc(OC)c2)cc1. The van der Waals surface area contributed by atoms with Crippen molar-refractivity contribution in [3.8, 4) is 23.3 Å².